The zero-order valence-electron chi connectivity index (χ0n) is 14.5. The number of halogens is 1. The maximum atomic E-state index is 11.8. The highest BCUT2D eigenvalue weighted by Crippen LogP contribution is 2.23. The van der Waals surface area contributed by atoms with Gasteiger partial charge in [0, 0.05) is 10.6 Å². The summed E-state index contributed by atoms with van der Waals surface area (Å²) in [5.41, 5.74) is 3.28. The number of ether oxygens (including phenoxy) is 2. The van der Waals surface area contributed by atoms with Crippen LogP contribution in [0.1, 0.15) is 5.76 Å². The van der Waals surface area contributed by atoms with Gasteiger partial charge < -0.3 is 13.9 Å². The zero-order valence-corrected chi connectivity index (χ0v) is 15.3. The Morgan fingerprint density at radius 2 is 1.78 bits per heavy atom. The van der Waals surface area contributed by atoms with Crippen LogP contribution in [0.3, 0.4) is 0 Å². The van der Waals surface area contributed by atoms with Crippen molar-refractivity contribution in [2.45, 2.75) is 0 Å². The van der Waals surface area contributed by atoms with Gasteiger partial charge in [0.2, 0.25) is 0 Å². The minimum Gasteiger partial charge on any atom is -0.497 e. The Hall–Kier alpha value is -3.25. The van der Waals surface area contributed by atoms with Crippen molar-refractivity contribution in [3.8, 4) is 22.8 Å². The molecule has 3 rings (SSSR count). The van der Waals surface area contributed by atoms with Crippen LogP contribution in [-0.2, 0) is 4.79 Å². The summed E-state index contributed by atoms with van der Waals surface area (Å²) in [6.45, 7) is -0.155. The number of nitrogens with one attached hydrogen (secondary N) is 1. The third kappa shape index (κ3) is 5.36. The summed E-state index contributed by atoms with van der Waals surface area (Å²) < 4.78 is 16.1. The summed E-state index contributed by atoms with van der Waals surface area (Å²) in [6, 6.07) is 17.8. The van der Waals surface area contributed by atoms with E-state index in [2.05, 4.69) is 10.5 Å². The molecular formula is C20H17ClN2O4. The lowest BCUT2D eigenvalue weighted by Crippen LogP contribution is -2.24. The van der Waals surface area contributed by atoms with Gasteiger partial charge in [0.05, 0.1) is 13.3 Å². The van der Waals surface area contributed by atoms with Gasteiger partial charge in [-0.15, -0.1) is 0 Å². The van der Waals surface area contributed by atoms with E-state index in [0.29, 0.717) is 28.0 Å². The number of hydrogen-bond acceptors (Lipinski definition) is 5. The first-order valence-electron chi connectivity index (χ1n) is 8.08. The van der Waals surface area contributed by atoms with Gasteiger partial charge in [0.1, 0.15) is 23.0 Å². The van der Waals surface area contributed by atoms with Crippen molar-refractivity contribution in [2.24, 2.45) is 5.10 Å². The van der Waals surface area contributed by atoms with Crippen molar-refractivity contribution in [1.29, 1.82) is 0 Å². The van der Waals surface area contributed by atoms with Crippen molar-refractivity contribution in [1.82, 2.24) is 5.43 Å². The average Bonchev–Trinajstić information content (AvgIpc) is 3.16. The van der Waals surface area contributed by atoms with Gasteiger partial charge in [0.25, 0.3) is 5.91 Å². The summed E-state index contributed by atoms with van der Waals surface area (Å²) in [5.74, 6) is 2.09. The molecule has 1 aromatic heterocycles. The monoisotopic (exact) mass is 384 g/mol. The van der Waals surface area contributed by atoms with Crippen LogP contribution < -0.4 is 14.9 Å². The highest BCUT2D eigenvalue weighted by Gasteiger charge is 2.04. The van der Waals surface area contributed by atoms with Crippen molar-refractivity contribution >= 4 is 23.7 Å². The number of nitrogens with zero attached hydrogens (tertiary/aromatic N) is 1. The van der Waals surface area contributed by atoms with Crippen LogP contribution >= 0.6 is 11.6 Å². The second-order valence-corrected chi connectivity index (χ2v) is 5.90. The Labute approximate surface area is 161 Å². The van der Waals surface area contributed by atoms with E-state index in [-0.39, 0.29) is 12.5 Å². The third-order valence-corrected chi connectivity index (χ3v) is 3.82. The van der Waals surface area contributed by atoms with Crippen molar-refractivity contribution in [3.05, 3.63) is 71.4 Å². The van der Waals surface area contributed by atoms with E-state index in [1.165, 1.54) is 6.21 Å². The molecule has 1 amide bonds. The predicted octanol–water partition coefficient (Wildman–Crippen LogP) is 4.14. The van der Waals surface area contributed by atoms with Crippen LogP contribution in [0.25, 0.3) is 11.3 Å². The molecule has 7 heteroatoms. The first-order valence-corrected chi connectivity index (χ1v) is 8.46. The third-order valence-electron chi connectivity index (χ3n) is 3.57. The summed E-state index contributed by atoms with van der Waals surface area (Å²) in [7, 11) is 1.58. The number of benzene rings is 2. The Bertz CT molecular complexity index is 918. The number of carbonyl (C=O) groups excluding carboxylic acids is 1. The molecule has 0 fully saturated rings. The van der Waals surface area contributed by atoms with Crippen LogP contribution in [-0.4, -0.2) is 25.8 Å². The van der Waals surface area contributed by atoms with Crippen LogP contribution in [0.15, 0.2) is 70.2 Å². The lowest BCUT2D eigenvalue weighted by Gasteiger charge is -2.05. The molecule has 138 valence electrons. The normalized spacial score (nSPS) is 10.7. The summed E-state index contributed by atoms with van der Waals surface area (Å²) in [4.78, 5) is 11.8. The highest BCUT2D eigenvalue weighted by atomic mass is 35.5. The van der Waals surface area contributed by atoms with Crippen LogP contribution in [0, 0.1) is 0 Å². The van der Waals surface area contributed by atoms with Gasteiger partial charge in [-0.1, -0.05) is 11.6 Å². The molecule has 6 nitrogen and oxygen atoms in total. The first-order chi connectivity index (χ1) is 13.1. The van der Waals surface area contributed by atoms with E-state index < -0.39 is 0 Å². The van der Waals surface area contributed by atoms with E-state index in [1.54, 1.807) is 49.6 Å². The van der Waals surface area contributed by atoms with Crippen molar-refractivity contribution in [3.63, 3.8) is 0 Å². The minimum absolute atomic E-state index is 0.155. The number of carbonyl (C=O) groups is 1. The molecule has 2 aromatic carbocycles. The van der Waals surface area contributed by atoms with Gasteiger partial charge in [-0.3, -0.25) is 4.79 Å². The number of hydrogen-bond donors (Lipinski definition) is 1. The molecule has 0 radical (unpaired) electrons. The molecule has 0 saturated heterocycles. The van der Waals surface area contributed by atoms with Crippen LogP contribution in [0.5, 0.6) is 11.5 Å². The largest absolute Gasteiger partial charge is 0.497 e. The standard InChI is InChI=1S/C20H17ClN2O4/c1-25-16-6-8-17(9-7-16)26-13-20(24)23-22-12-18-10-11-19(27-18)14-2-4-15(21)5-3-14/h2-12H,13H2,1H3,(H,23,24)/b22-12+. The number of rotatable bonds is 7. The molecule has 0 spiro atoms. The minimum atomic E-state index is -0.383. The molecule has 0 aliphatic rings. The summed E-state index contributed by atoms with van der Waals surface area (Å²) in [5, 5.41) is 4.52. The van der Waals surface area contributed by atoms with Gasteiger partial charge in [-0.2, -0.15) is 5.10 Å². The Morgan fingerprint density at radius 1 is 1.07 bits per heavy atom. The highest BCUT2D eigenvalue weighted by molar-refractivity contribution is 6.30. The molecule has 0 atom stereocenters. The van der Waals surface area contributed by atoms with Crippen molar-refractivity contribution < 1.29 is 18.7 Å². The number of hydrazone groups is 1. The molecule has 0 aliphatic carbocycles. The second kappa shape index (κ2) is 8.91. The predicted molar refractivity (Wildman–Crippen MR) is 103 cm³/mol. The quantitative estimate of drug-likeness (QED) is 0.491. The molecule has 0 bridgehead atoms. The average molecular weight is 385 g/mol. The number of furan rings is 1. The molecule has 27 heavy (non-hydrogen) atoms. The molecule has 1 N–H and O–H groups in total. The van der Waals surface area contributed by atoms with E-state index >= 15 is 0 Å². The zero-order chi connectivity index (χ0) is 19.1. The summed E-state index contributed by atoms with van der Waals surface area (Å²) in [6.07, 6.45) is 1.42. The lowest BCUT2D eigenvalue weighted by molar-refractivity contribution is -0.123. The molecule has 1 heterocycles. The van der Waals surface area contributed by atoms with Gasteiger partial charge in [-0.05, 0) is 60.7 Å². The van der Waals surface area contributed by atoms with E-state index in [4.69, 9.17) is 25.5 Å². The van der Waals surface area contributed by atoms with E-state index in [0.717, 1.165) is 5.56 Å². The van der Waals surface area contributed by atoms with Crippen LogP contribution in [0.2, 0.25) is 5.02 Å². The Balaban J connectivity index is 1.48. The smallest absolute Gasteiger partial charge is 0.277 e. The second-order valence-electron chi connectivity index (χ2n) is 5.47. The fourth-order valence-electron chi connectivity index (χ4n) is 2.21. The van der Waals surface area contributed by atoms with Crippen LogP contribution in [0.4, 0.5) is 0 Å². The first kappa shape index (κ1) is 18.5. The summed E-state index contributed by atoms with van der Waals surface area (Å²) >= 11 is 5.87. The van der Waals surface area contributed by atoms with Crippen molar-refractivity contribution in [2.75, 3.05) is 13.7 Å². The van der Waals surface area contributed by atoms with Gasteiger partial charge >= 0.3 is 0 Å². The number of amides is 1. The Morgan fingerprint density at radius 3 is 2.48 bits per heavy atom. The molecule has 0 aliphatic heterocycles. The van der Waals surface area contributed by atoms with E-state index in [9.17, 15) is 4.79 Å². The maximum Gasteiger partial charge on any atom is 0.277 e. The maximum absolute atomic E-state index is 11.8. The molecule has 3 aromatic rings. The fraction of sp³-hybridized carbons (Fsp3) is 0.100. The van der Waals surface area contributed by atoms with Gasteiger partial charge in [-0.25, -0.2) is 5.43 Å². The number of methoxy groups -OCH3 is 1. The Kier molecular flexibility index (Phi) is 6.12. The van der Waals surface area contributed by atoms with E-state index in [1.807, 2.05) is 18.2 Å². The van der Waals surface area contributed by atoms with Gasteiger partial charge in [0.15, 0.2) is 6.61 Å². The fourth-order valence-corrected chi connectivity index (χ4v) is 2.34. The molecule has 0 unspecified atom stereocenters. The lowest BCUT2D eigenvalue weighted by atomic mass is 10.2. The topological polar surface area (TPSA) is 73.1 Å². The SMILES string of the molecule is COc1ccc(OCC(=O)N/N=C/c2ccc(-c3ccc(Cl)cc3)o2)cc1. The molecular weight excluding hydrogens is 368 g/mol. The molecule has 0 saturated carbocycles.